The summed E-state index contributed by atoms with van der Waals surface area (Å²) in [7, 11) is 1.68. The molecular weight excluding hydrogens is 324 g/mol. The summed E-state index contributed by atoms with van der Waals surface area (Å²) < 4.78 is 5.18. The lowest BCUT2D eigenvalue weighted by molar-refractivity contribution is 0.415. The van der Waals surface area contributed by atoms with E-state index in [1.165, 1.54) is 35.5 Å². The molecule has 0 spiro atoms. The Hall–Kier alpha value is -2.11. The summed E-state index contributed by atoms with van der Waals surface area (Å²) in [5.74, 6) is 7.30. The Balaban J connectivity index is 2.04. The third kappa shape index (κ3) is 7.54. The first-order valence-corrected chi connectivity index (χ1v) is 9.71. The summed E-state index contributed by atoms with van der Waals surface area (Å²) in [6, 6.07) is 18.4. The van der Waals surface area contributed by atoms with Gasteiger partial charge in [0, 0.05) is 10.5 Å². The Morgan fingerprint density at radius 3 is 2.44 bits per heavy atom. The van der Waals surface area contributed by atoms with Crippen LogP contribution in [0.25, 0.3) is 0 Å². The first kappa shape index (κ1) is 19.2. The van der Waals surface area contributed by atoms with Crippen molar-refractivity contribution in [2.75, 3.05) is 7.11 Å². The summed E-state index contributed by atoms with van der Waals surface area (Å²) in [6.07, 6.45) is 8.26. The van der Waals surface area contributed by atoms with Crippen LogP contribution in [0.4, 0.5) is 0 Å². The van der Waals surface area contributed by atoms with Crippen LogP contribution in [0.5, 0.6) is 5.75 Å². The minimum absolute atomic E-state index is 0.859. The third-order valence-electron chi connectivity index (χ3n) is 3.81. The predicted molar refractivity (Wildman–Crippen MR) is 109 cm³/mol. The first-order valence-electron chi connectivity index (χ1n) is 8.89. The van der Waals surface area contributed by atoms with Crippen molar-refractivity contribution in [1.82, 2.24) is 0 Å². The van der Waals surface area contributed by atoms with E-state index in [4.69, 9.17) is 4.74 Å². The number of hydrogen-bond acceptors (Lipinski definition) is 2. The molecule has 2 heteroatoms. The van der Waals surface area contributed by atoms with Gasteiger partial charge >= 0.3 is 0 Å². The lowest BCUT2D eigenvalue weighted by atomic mass is 10.1. The van der Waals surface area contributed by atoms with E-state index in [0.717, 1.165) is 17.7 Å². The predicted octanol–water partition coefficient (Wildman–Crippen LogP) is 6.69. The molecule has 0 saturated carbocycles. The summed E-state index contributed by atoms with van der Waals surface area (Å²) in [6.45, 7) is 2.25. The maximum Gasteiger partial charge on any atom is 0.118 e. The molecule has 0 unspecified atom stereocenters. The van der Waals surface area contributed by atoms with E-state index < -0.39 is 0 Å². The van der Waals surface area contributed by atoms with E-state index in [1.807, 2.05) is 36.0 Å². The van der Waals surface area contributed by atoms with Gasteiger partial charge in [0.2, 0.25) is 0 Å². The summed E-state index contributed by atoms with van der Waals surface area (Å²) in [5, 5.41) is 0. The Bertz CT molecular complexity index is 705. The zero-order valence-electron chi connectivity index (χ0n) is 15.1. The van der Waals surface area contributed by atoms with Crippen molar-refractivity contribution in [3.8, 4) is 17.6 Å². The van der Waals surface area contributed by atoms with E-state index in [0.29, 0.717) is 0 Å². The van der Waals surface area contributed by atoms with Crippen molar-refractivity contribution < 1.29 is 4.74 Å². The molecule has 0 saturated heterocycles. The fourth-order valence-corrected chi connectivity index (χ4v) is 3.35. The number of benzene rings is 2. The molecule has 2 aromatic carbocycles. The second-order valence-electron chi connectivity index (χ2n) is 5.83. The van der Waals surface area contributed by atoms with Gasteiger partial charge < -0.3 is 4.74 Å². The number of methoxy groups -OCH3 is 1. The molecule has 1 nitrogen and oxygen atoms in total. The molecule has 25 heavy (non-hydrogen) atoms. The molecule has 0 aliphatic carbocycles. The number of unbranched alkanes of at least 4 members (excludes halogenated alkanes) is 3. The zero-order valence-corrected chi connectivity index (χ0v) is 15.9. The van der Waals surface area contributed by atoms with Crippen molar-refractivity contribution in [3.63, 3.8) is 0 Å². The van der Waals surface area contributed by atoms with Gasteiger partial charge in [-0.05, 0) is 60.2 Å². The molecule has 0 N–H and O–H groups in total. The van der Waals surface area contributed by atoms with Crippen LogP contribution in [0.15, 0.2) is 70.5 Å². The van der Waals surface area contributed by atoms with Crippen molar-refractivity contribution in [3.05, 3.63) is 71.1 Å². The Morgan fingerprint density at radius 1 is 1.00 bits per heavy atom. The molecule has 0 atom stereocenters. The van der Waals surface area contributed by atoms with Crippen molar-refractivity contribution >= 4 is 11.8 Å². The van der Waals surface area contributed by atoms with Crippen molar-refractivity contribution in [2.45, 2.75) is 43.9 Å². The van der Waals surface area contributed by atoms with Gasteiger partial charge in [-0.2, -0.15) is 0 Å². The highest BCUT2D eigenvalue weighted by Crippen LogP contribution is 2.30. The standard InChI is InChI=1S/C23H26OS/c1-3-4-5-7-12-23(25-22-13-8-6-9-14-22)15-10-11-20-16-18-21(24-2)19-17-20/h6,8-9,13-19H,3-5,7,12H2,1-2H3/b23-15-. The minimum Gasteiger partial charge on any atom is -0.497 e. The Morgan fingerprint density at radius 2 is 1.76 bits per heavy atom. The Labute approximate surface area is 156 Å². The van der Waals surface area contributed by atoms with E-state index in [-0.39, 0.29) is 0 Å². The lowest BCUT2D eigenvalue weighted by Crippen LogP contribution is -1.83. The van der Waals surface area contributed by atoms with Gasteiger partial charge in [-0.1, -0.05) is 68.0 Å². The number of hydrogen-bond donors (Lipinski definition) is 0. The van der Waals surface area contributed by atoms with E-state index >= 15 is 0 Å². The van der Waals surface area contributed by atoms with Crippen LogP contribution in [0, 0.1) is 11.8 Å². The molecular formula is C23H26OS. The molecule has 130 valence electrons. The molecule has 0 aliphatic rings. The van der Waals surface area contributed by atoms with E-state index in [1.54, 1.807) is 7.11 Å². The fraction of sp³-hybridized carbons (Fsp3) is 0.304. The minimum atomic E-state index is 0.859. The molecule has 2 rings (SSSR count). The smallest absolute Gasteiger partial charge is 0.118 e. The molecule has 0 heterocycles. The van der Waals surface area contributed by atoms with Gasteiger partial charge in [0.15, 0.2) is 0 Å². The van der Waals surface area contributed by atoms with Gasteiger partial charge in [0.1, 0.15) is 5.75 Å². The van der Waals surface area contributed by atoms with Crippen LogP contribution < -0.4 is 4.74 Å². The maximum absolute atomic E-state index is 5.18. The van der Waals surface area contributed by atoms with Crippen LogP contribution in [0.1, 0.15) is 44.6 Å². The molecule has 0 aliphatic heterocycles. The van der Waals surface area contributed by atoms with Crippen LogP contribution >= 0.6 is 11.8 Å². The quantitative estimate of drug-likeness (QED) is 0.298. The topological polar surface area (TPSA) is 9.23 Å². The average Bonchev–Trinajstić information content (AvgIpc) is 2.66. The van der Waals surface area contributed by atoms with Gasteiger partial charge in [0.25, 0.3) is 0 Å². The average molecular weight is 351 g/mol. The summed E-state index contributed by atoms with van der Waals surface area (Å²) >= 11 is 1.83. The van der Waals surface area contributed by atoms with Crippen molar-refractivity contribution in [2.24, 2.45) is 0 Å². The van der Waals surface area contributed by atoms with Crippen LogP contribution in [-0.2, 0) is 0 Å². The third-order valence-corrected chi connectivity index (χ3v) is 4.90. The lowest BCUT2D eigenvalue weighted by Gasteiger charge is -2.06. The molecule has 2 aromatic rings. The molecule has 0 amide bonds. The molecule has 0 bridgehead atoms. The highest BCUT2D eigenvalue weighted by atomic mass is 32.2. The van der Waals surface area contributed by atoms with Gasteiger partial charge in [-0.3, -0.25) is 0 Å². The van der Waals surface area contributed by atoms with E-state index in [2.05, 4.69) is 55.2 Å². The Kier molecular flexibility index (Phi) is 8.80. The maximum atomic E-state index is 5.18. The van der Waals surface area contributed by atoms with Crippen molar-refractivity contribution in [1.29, 1.82) is 0 Å². The van der Waals surface area contributed by atoms with Crippen LogP contribution in [0.3, 0.4) is 0 Å². The van der Waals surface area contributed by atoms with E-state index in [9.17, 15) is 0 Å². The highest BCUT2D eigenvalue weighted by Gasteiger charge is 2.00. The summed E-state index contributed by atoms with van der Waals surface area (Å²) in [5.41, 5.74) is 1.01. The zero-order chi connectivity index (χ0) is 17.7. The van der Waals surface area contributed by atoms with Gasteiger partial charge in [-0.25, -0.2) is 0 Å². The molecule has 0 fully saturated rings. The van der Waals surface area contributed by atoms with Crippen LogP contribution in [-0.4, -0.2) is 7.11 Å². The largest absolute Gasteiger partial charge is 0.497 e. The van der Waals surface area contributed by atoms with Gasteiger partial charge in [-0.15, -0.1) is 0 Å². The molecule has 0 aromatic heterocycles. The van der Waals surface area contributed by atoms with Crippen LogP contribution in [0.2, 0.25) is 0 Å². The monoisotopic (exact) mass is 350 g/mol. The number of allylic oxidation sites excluding steroid dienone is 2. The summed E-state index contributed by atoms with van der Waals surface area (Å²) in [4.78, 5) is 2.61. The SMILES string of the molecule is CCCCCC/C(=C/C#Cc1ccc(OC)cc1)Sc1ccccc1. The highest BCUT2D eigenvalue weighted by molar-refractivity contribution is 8.03. The second-order valence-corrected chi connectivity index (χ2v) is 7.03. The normalized spacial score (nSPS) is 10.9. The number of ether oxygens (including phenoxy) is 1. The second kappa shape index (κ2) is 11.4. The first-order chi connectivity index (χ1) is 12.3. The van der Waals surface area contributed by atoms with Gasteiger partial charge in [0.05, 0.1) is 7.11 Å². The number of rotatable bonds is 8. The molecule has 0 radical (unpaired) electrons. The number of thioether (sulfide) groups is 1. The fourth-order valence-electron chi connectivity index (χ4n) is 2.39.